The summed E-state index contributed by atoms with van der Waals surface area (Å²) in [6.45, 7) is 5.71. The maximum atomic E-state index is 6.01. The first-order valence-corrected chi connectivity index (χ1v) is 7.36. The van der Waals surface area contributed by atoms with Crippen LogP contribution in [0.1, 0.15) is 18.9 Å². The zero-order valence-corrected chi connectivity index (χ0v) is 13.7. The van der Waals surface area contributed by atoms with Crippen LogP contribution in [0.2, 0.25) is 0 Å². The Morgan fingerprint density at radius 2 is 2.05 bits per heavy atom. The summed E-state index contributed by atoms with van der Waals surface area (Å²) in [5, 5.41) is 0. The third-order valence-electron chi connectivity index (χ3n) is 3.42. The molecule has 0 radical (unpaired) electrons. The van der Waals surface area contributed by atoms with Crippen molar-refractivity contribution in [2.45, 2.75) is 25.8 Å². The predicted octanol–water partition coefficient (Wildman–Crippen LogP) is 2.99. The number of ether oxygens (including phenoxy) is 1. The molecular weight excluding hydrogens is 328 g/mol. The van der Waals surface area contributed by atoms with E-state index in [1.165, 1.54) is 11.3 Å². The number of rotatable bonds is 4. The predicted molar refractivity (Wildman–Crippen MR) is 86.4 cm³/mol. The molecule has 1 heterocycles. The summed E-state index contributed by atoms with van der Waals surface area (Å²) in [6, 6.07) is 6.82. The molecule has 19 heavy (non-hydrogen) atoms. The van der Waals surface area contributed by atoms with Gasteiger partial charge in [-0.1, -0.05) is 28.9 Å². The van der Waals surface area contributed by atoms with E-state index in [4.69, 9.17) is 10.5 Å². The lowest BCUT2D eigenvalue weighted by atomic mass is 10.0. The standard InChI is InChI=1S/C14H21BrN2O.ClH/c1-2-12(16)9-11-3-4-13(10-14(11)15)17-5-7-18-8-6-17;/h3-4,10,12H,2,5-9,16H2,1H3;1H. The van der Waals surface area contributed by atoms with E-state index in [-0.39, 0.29) is 18.4 Å². The van der Waals surface area contributed by atoms with Gasteiger partial charge in [-0.25, -0.2) is 0 Å². The minimum Gasteiger partial charge on any atom is -0.378 e. The SMILES string of the molecule is CCC(N)Cc1ccc(N2CCOCC2)cc1Br.Cl. The monoisotopic (exact) mass is 348 g/mol. The Labute approximate surface area is 130 Å². The molecule has 0 saturated carbocycles. The third-order valence-corrected chi connectivity index (χ3v) is 4.16. The van der Waals surface area contributed by atoms with Gasteiger partial charge >= 0.3 is 0 Å². The highest BCUT2D eigenvalue weighted by molar-refractivity contribution is 9.10. The van der Waals surface area contributed by atoms with Gasteiger partial charge in [0.1, 0.15) is 0 Å². The Morgan fingerprint density at radius 3 is 2.63 bits per heavy atom. The van der Waals surface area contributed by atoms with E-state index in [1.54, 1.807) is 0 Å². The number of hydrogen-bond donors (Lipinski definition) is 1. The van der Waals surface area contributed by atoms with E-state index < -0.39 is 0 Å². The molecular formula is C14H22BrClN2O. The lowest BCUT2D eigenvalue weighted by molar-refractivity contribution is 0.122. The summed E-state index contributed by atoms with van der Waals surface area (Å²) in [7, 11) is 0. The van der Waals surface area contributed by atoms with Gasteiger partial charge in [0.25, 0.3) is 0 Å². The average Bonchev–Trinajstić information content (AvgIpc) is 2.42. The van der Waals surface area contributed by atoms with Gasteiger partial charge in [-0.2, -0.15) is 0 Å². The molecule has 0 spiro atoms. The average molecular weight is 350 g/mol. The van der Waals surface area contributed by atoms with Crippen LogP contribution in [-0.4, -0.2) is 32.3 Å². The number of halogens is 2. The van der Waals surface area contributed by atoms with Crippen molar-refractivity contribution in [1.29, 1.82) is 0 Å². The van der Waals surface area contributed by atoms with Crippen molar-refractivity contribution in [1.82, 2.24) is 0 Å². The summed E-state index contributed by atoms with van der Waals surface area (Å²) >= 11 is 3.66. The summed E-state index contributed by atoms with van der Waals surface area (Å²) in [6.07, 6.45) is 1.94. The van der Waals surface area contributed by atoms with E-state index in [9.17, 15) is 0 Å². The summed E-state index contributed by atoms with van der Waals surface area (Å²) in [5.74, 6) is 0. The summed E-state index contributed by atoms with van der Waals surface area (Å²) < 4.78 is 6.53. The fourth-order valence-electron chi connectivity index (χ4n) is 2.15. The zero-order valence-electron chi connectivity index (χ0n) is 11.3. The first-order chi connectivity index (χ1) is 8.70. The van der Waals surface area contributed by atoms with Crippen molar-refractivity contribution in [3.63, 3.8) is 0 Å². The van der Waals surface area contributed by atoms with Crippen molar-refractivity contribution in [2.75, 3.05) is 31.2 Å². The van der Waals surface area contributed by atoms with E-state index in [0.717, 1.165) is 43.6 Å². The molecule has 1 aliphatic rings. The Bertz CT molecular complexity index is 397. The van der Waals surface area contributed by atoms with Crippen LogP contribution < -0.4 is 10.6 Å². The highest BCUT2D eigenvalue weighted by Crippen LogP contribution is 2.25. The van der Waals surface area contributed by atoms with Crippen LogP contribution in [0, 0.1) is 0 Å². The zero-order chi connectivity index (χ0) is 13.0. The highest BCUT2D eigenvalue weighted by Gasteiger charge is 2.13. The lowest BCUT2D eigenvalue weighted by Crippen LogP contribution is -2.36. The van der Waals surface area contributed by atoms with Crippen molar-refractivity contribution in [3.8, 4) is 0 Å². The molecule has 2 rings (SSSR count). The second kappa shape index (κ2) is 8.10. The normalized spacial score (nSPS) is 16.9. The largest absolute Gasteiger partial charge is 0.378 e. The fourth-order valence-corrected chi connectivity index (χ4v) is 2.68. The van der Waals surface area contributed by atoms with Gasteiger partial charge in [-0.15, -0.1) is 12.4 Å². The van der Waals surface area contributed by atoms with Gasteiger partial charge in [0.2, 0.25) is 0 Å². The third kappa shape index (κ3) is 4.63. The van der Waals surface area contributed by atoms with Crippen molar-refractivity contribution >= 4 is 34.0 Å². The van der Waals surface area contributed by atoms with Gasteiger partial charge in [0.15, 0.2) is 0 Å². The molecule has 108 valence electrons. The molecule has 0 aliphatic carbocycles. The van der Waals surface area contributed by atoms with E-state index >= 15 is 0 Å². The van der Waals surface area contributed by atoms with Crippen LogP contribution in [0.15, 0.2) is 22.7 Å². The van der Waals surface area contributed by atoms with Gasteiger partial charge < -0.3 is 15.4 Å². The number of anilines is 1. The molecule has 1 saturated heterocycles. The second-order valence-electron chi connectivity index (χ2n) is 4.75. The molecule has 1 aromatic rings. The Morgan fingerprint density at radius 1 is 1.37 bits per heavy atom. The molecule has 1 atom stereocenters. The lowest BCUT2D eigenvalue weighted by Gasteiger charge is -2.29. The van der Waals surface area contributed by atoms with Gasteiger partial charge in [0, 0.05) is 29.3 Å². The molecule has 1 unspecified atom stereocenters. The highest BCUT2D eigenvalue weighted by atomic mass is 79.9. The topological polar surface area (TPSA) is 38.5 Å². The molecule has 1 aliphatic heterocycles. The maximum Gasteiger partial charge on any atom is 0.0642 e. The van der Waals surface area contributed by atoms with E-state index in [2.05, 4.69) is 46.0 Å². The molecule has 0 aromatic heterocycles. The quantitative estimate of drug-likeness (QED) is 0.908. The van der Waals surface area contributed by atoms with Gasteiger partial charge in [-0.3, -0.25) is 0 Å². The molecule has 2 N–H and O–H groups in total. The van der Waals surface area contributed by atoms with Crippen LogP contribution >= 0.6 is 28.3 Å². The first-order valence-electron chi connectivity index (χ1n) is 6.57. The molecule has 1 fully saturated rings. The van der Waals surface area contributed by atoms with Crippen molar-refractivity contribution < 1.29 is 4.74 Å². The molecule has 0 amide bonds. The second-order valence-corrected chi connectivity index (χ2v) is 5.60. The van der Waals surface area contributed by atoms with E-state index in [1.807, 2.05) is 0 Å². The maximum absolute atomic E-state index is 6.01. The smallest absolute Gasteiger partial charge is 0.0642 e. The van der Waals surface area contributed by atoms with Crippen LogP contribution in [0.3, 0.4) is 0 Å². The van der Waals surface area contributed by atoms with Crippen molar-refractivity contribution in [3.05, 3.63) is 28.2 Å². The minimum absolute atomic E-state index is 0. The van der Waals surface area contributed by atoms with Crippen molar-refractivity contribution in [2.24, 2.45) is 5.73 Å². The number of morpholine rings is 1. The molecule has 1 aromatic carbocycles. The molecule has 3 nitrogen and oxygen atoms in total. The van der Waals surface area contributed by atoms with Crippen LogP contribution in [-0.2, 0) is 11.2 Å². The Balaban J connectivity index is 0.00000180. The number of hydrogen-bond acceptors (Lipinski definition) is 3. The summed E-state index contributed by atoms with van der Waals surface area (Å²) in [5.41, 5.74) is 8.56. The fraction of sp³-hybridized carbons (Fsp3) is 0.571. The Kier molecular flexibility index (Phi) is 7.15. The van der Waals surface area contributed by atoms with Gasteiger partial charge in [0.05, 0.1) is 13.2 Å². The number of nitrogens with zero attached hydrogens (tertiary/aromatic N) is 1. The Hall–Kier alpha value is -0.290. The van der Waals surface area contributed by atoms with Crippen LogP contribution in [0.4, 0.5) is 5.69 Å². The number of nitrogens with two attached hydrogens (primary N) is 1. The van der Waals surface area contributed by atoms with E-state index in [0.29, 0.717) is 0 Å². The van der Waals surface area contributed by atoms with Crippen LogP contribution in [0.5, 0.6) is 0 Å². The molecule has 0 bridgehead atoms. The summed E-state index contributed by atoms with van der Waals surface area (Å²) in [4.78, 5) is 2.36. The van der Waals surface area contributed by atoms with Gasteiger partial charge in [-0.05, 0) is 30.5 Å². The first kappa shape index (κ1) is 16.8. The van der Waals surface area contributed by atoms with Crippen LogP contribution in [0.25, 0.3) is 0 Å². The number of benzene rings is 1. The molecule has 5 heteroatoms. The minimum atomic E-state index is 0.